The first-order valence-electron chi connectivity index (χ1n) is 6.44. The first-order chi connectivity index (χ1) is 7.42. The number of rotatable bonds is 5. The summed E-state index contributed by atoms with van der Waals surface area (Å²) in [5.41, 5.74) is 5.82. The van der Waals surface area contributed by atoms with Crippen LogP contribution in [-0.4, -0.2) is 18.5 Å². The number of carbonyl (C=O) groups excluding carboxylic acids is 1. The maximum absolute atomic E-state index is 11.5. The highest BCUT2D eigenvalue weighted by Gasteiger charge is 2.31. The van der Waals surface area contributed by atoms with Crippen molar-refractivity contribution >= 4 is 5.91 Å². The molecule has 0 aliphatic heterocycles. The fourth-order valence-corrected chi connectivity index (χ4v) is 2.54. The van der Waals surface area contributed by atoms with E-state index in [1.807, 2.05) is 6.92 Å². The average Bonchev–Trinajstić information content (AvgIpc) is 2.67. The molecule has 1 unspecified atom stereocenters. The fourth-order valence-electron chi connectivity index (χ4n) is 2.54. The highest BCUT2D eigenvalue weighted by atomic mass is 16.1. The van der Waals surface area contributed by atoms with Crippen molar-refractivity contribution in [3.05, 3.63) is 0 Å². The molecule has 1 atom stereocenters. The Morgan fingerprint density at radius 3 is 2.50 bits per heavy atom. The summed E-state index contributed by atoms with van der Waals surface area (Å²) in [4.78, 5) is 11.5. The summed E-state index contributed by atoms with van der Waals surface area (Å²) in [6, 6.07) is -0.0467. The molecule has 3 heteroatoms. The molecular formula is C13H26N2O. The van der Waals surface area contributed by atoms with Crippen LogP contribution in [0.25, 0.3) is 0 Å². The molecule has 0 bridgehead atoms. The van der Waals surface area contributed by atoms with Crippen LogP contribution >= 0.6 is 0 Å². The Bertz CT molecular complexity index is 230. The summed E-state index contributed by atoms with van der Waals surface area (Å²) in [5.74, 6) is 0.851. The van der Waals surface area contributed by atoms with Crippen LogP contribution in [0.4, 0.5) is 0 Å². The monoisotopic (exact) mass is 226 g/mol. The number of carbonyl (C=O) groups is 1. The number of nitrogens with one attached hydrogen (secondary N) is 1. The highest BCUT2D eigenvalue weighted by Crippen LogP contribution is 2.38. The van der Waals surface area contributed by atoms with Gasteiger partial charge in [-0.05, 0) is 31.1 Å². The van der Waals surface area contributed by atoms with E-state index in [1.54, 1.807) is 0 Å². The number of nitrogens with two attached hydrogens (primary N) is 1. The van der Waals surface area contributed by atoms with Crippen molar-refractivity contribution in [3.63, 3.8) is 0 Å². The molecule has 1 saturated carbocycles. The third-order valence-corrected chi connectivity index (χ3v) is 3.71. The molecule has 0 aromatic carbocycles. The van der Waals surface area contributed by atoms with Gasteiger partial charge in [0.1, 0.15) is 0 Å². The predicted octanol–water partition coefficient (Wildman–Crippen LogP) is 2.06. The number of amides is 1. The van der Waals surface area contributed by atoms with Gasteiger partial charge >= 0.3 is 0 Å². The van der Waals surface area contributed by atoms with Crippen LogP contribution in [0.3, 0.4) is 0 Å². The Kier molecular flexibility index (Phi) is 4.78. The number of hydrogen-bond donors (Lipinski definition) is 2. The van der Waals surface area contributed by atoms with E-state index >= 15 is 0 Å². The summed E-state index contributed by atoms with van der Waals surface area (Å²) in [5, 5.41) is 3.01. The summed E-state index contributed by atoms with van der Waals surface area (Å²) in [6.45, 7) is 7.16. The molecule has 1 amide bonds. The van der Waals surface area contributed by atoms with Gasteiger partial charge in [-0.15, -0.1) is 0 Å². The molecule has 1 rings (SSSR count). The van der Waals surface area contributed by atoms with E-state index in [0.717, 1.165) is 12.5 Å². The predicted molar refractivity (Wildman–Crippen MR) is 67.0 cm³/mol. The molecular weight excluding hydrogens is 200 g/mol. The van der Waals surface area contributed by atoms with Crippen LogP contribution in [0.2, 0.25) is 0 Å². The first kappa shape index (κ1) is 13.5. The zero-order chi connectivity index (χ0) is 12.2. The quantitative estimate of drug-likeness (QED) is 0.754. The molecule has 3 N–H and O–H groups in total. The lowest BCUT2D eigenvalue weighted by atomic mass is 9.77. The van der Waals surface area contributed by atoms with Crippen LogP contribution in [-0.2, 0) is 4.79 Å². The van der Waals surface area contributed by atoms with Gasteiger partial charge in [0.15, 0.2) is 0 Å². The Morgan fingerprint density at radius 1 is 1.44 bits per heavy atom. The van der Waals surface area contributed by atoms with E-state index < -0.39 is 0 Å². The molecule has 0 heterocycles. The second kappa shape index (κ2) is 5.67. The highest BCUT2D eigenvalue weighted by molar-refractivity contribution is 5.76. The first-order valence-corrected chi connectivity index (χ1v) is 6.44. The van der Waals surface area contributed by atoms with Gasteiger partial charge in [0.25, 0.3) is 0 Å². The lowest BCUT2D eigenvalue weighted by molar-refractivity contribution is -0.121. The standard InChI is InChI=1S/C13H26N2O/c1-10(14)8-12(16)15-9-13(2,3)11-6-4-5-7-11/h10-11H,4-9,14H2,1-3H3,(H,15,16). The van der Waals surface area contributed by atoms with Crippen molar-refractivity contribution < 1.29 is 4.79 Å². The molecule has 0 aromatic heterocycles. The maximum atomic E-state index is 11.5. The molecule has 1 aliphatic rings. The van der Waals surface area contributed by atoms with Crippen molar-refractivity contribution in [1.82, 2.24) is 5.32 Å². The van der Waals surface area contributed by atoms with Crippen LogP contribution in [0.15, 0.2) is 0 Å². The molecule has 0 aromatic rings. The Hall–Kier alpha value is -0.570. The minimum absolute atomic E-state index is 0.0467. The number of hydrogen-bond acceptors (Lipinski definition) is 2. The molecule has 1 fully saturated rings. The zero-order valence-electron chi connectivity index (χ0n) is 10.9. The summed E-state index contributed by atoms with van der Waals surface area (Å²) in [6.07, 6.45) is 5.76. The van der Waals surface area contributed by atoms with Crippen LogP contribution in [0.5, 0.6) is 0 Å². The largest absolute Gasteiger partial charge is 0.356 e. The smallest absolute Gasteiger partial charge is 0.221 e. The van der Waals surface area contributed by atoms with Crippen LogP contribution < -0.4 is 11.1 Å². The van der Waals surface area contributed by atoms with E-state index in [0.29, 0.717) is 6.42 Å². The fraction of sp³-hybridized carbons (Fsp3) is 0.923. The summed E-state index contributed by atoms with van der Waals surface area (Å²) in [7, 11) is 0. The molecule has 0 spiro atoms. The van der Waals surface area contributed by atoms with Gasteiger partial charge in [0.2, 0.25) is 5.91 Å². The Balaban J connectivity index is 2.32. The summed E-state index contributed by atoms with van der Waals surface area (Å²) < 4.78 is 0. The normalized spacial score (nSPS) is 19.8. The molecule has 3 nitrogen and oxygen atoms in total. The lowest BCUT2D eigenvalue weighted by Gasteiger charge is -2.31. The van der Waals surface area contributed by atoms with Gasteiger partial charge in [-0.2, -0.15) is 0 Å². The SMILES string of the molecule is CC(N)CC(=O)NCC(C)(C)C1CCCC1. The topological polar surface area (TPSA) is 55.1 Å². The van der Waals surface area contributed by atoms with E-state index in [9.17, 15) is 4.79 Å². The van der Waals surface area contributed by atoms with Crippen molar-refractivity contribution in [3.8, 4) is 0 Å². The van der Waals surface area contributed by atoms with Gasteiger partial charge in [-0.25, -0.2) is 0 Å². The minimum atomic E-state index is -0.0467. The van der Waals surface area contributed by atoms with Crippen molar-refractivity contribution in [2.45, 2.75) is 58.9 Å². The third-order valence-electron chi connectivity index (χ3n) is 3.71. The van der Waals surface area contributed by atoms with Crippen molar-refractivity contribution in [2.24, 2.45) is 17.1 Å². The van der Waals surface area contributed by atoms with E-state index in [2.05, 4.69) is 19.2 Å². The van der Waals surface area contributed by atoms with Gasteiger partial charge in [-0.1, -0.05) is 26.7 Å². The minimum Gasteiger partial charge on any atom is -0.356 e. The molecule has 0 radical (unpaired) electrons. The Labute approximate surface area is 99.2 Å². The van der Waals surface area contributed by atoms with Crippen LogP contribution in [0, 0.1) is 11.3 Å². The van der Waals surface area contributed by atoms with Gasteiger partial charge < -0.3 is 11.1 Å². The van der Waals surface area contributed by atoms with E-state index in [4.69, 9.17) is 5.73 Å². The van der Waals surface area contributed by atoms with Gasteiger partial charge in [-0.3, -0.25) is 4.79 Å². The second-order valence-corrected chi connectivity index (χ2v) is 5.93. The average molecular weight is 226 g/mol. The molecule has 94 valence electrons. The van der Waals surface area contributed by atoms with E-state index in [1.165, 1.54) is 25.7 Å². The van der Waals surface area contributed by atoms with Crippen molar-refractivity contribution in [1.29, 1.82) is 0 Å². The van der Waals surface area contributed by atoms with Crippen molar-refractivity contribution in [2.75, 3.05) is 6.54 Å². The molecule has 0 saturated heterocycles. The third kappa shape index (κ3) is 4.12. The zero-order valence-corrected chi connectivity index (χ0v) is 10.9. The maximum Gasteiger partial charge on any atom is 0.221 e. The Morgan fingerprint density at radius 2 is 2.00 bits per heavy atom. The summed E-state index contributed by atoms with van der Waals surface area (Å²) >= 11 is 0. The second-order valence-electron chi connectivity index (χ2n) is 5.93. The van der Waals surface area contributed by atoms with Gasteiger partial charge in [0, 0.05) is 19.0 Å². The lowest BCUT2D eigenvalue weighted by Crippen LogP contribution is -2.39. The molecule has 1 aliphatic carbocycles. The molecule has 16 heavy (non-hydrogen) atoms. The van der Waals surface area contributed by atoms with Crippen LogP contribution in [0.1, 0.15) is 52.9 Å². The van der Waals surface area contributed by atoms with Gasteiger partial charge in [0.05, 0.1) is 0 Å². The van der Waals surface area contributed by atoms with E-state index in [-0.39, 0.29) is 17.4 Å².